The van der Waals surface area contributed by atoms with Crippen LogP contribution in [0.25, 0.3) is 10.9 Å². The number of pyridine rings is 1. The molecule has 1 unspecified atom stereocenters. The van der Waals surface area contributed by atoms with Crippen molar-refractivity contribution in [1.82, 2.24) is 4.98 Å². The number of hydrogen-bond acceptors (Lipinski definition) is 1. The topological polar surface area (TPSA) is 12.9 Å². The first-order chi connectivity index (χ1) is 13.1. The molecule has 1 atom stereocenters. The van der Waals surface area contributed by atoms with E-state index in [1.165, 1.54) is 27.7 Å². The van der Waals surface area contributed by atoms with E-state index in [1.807, 2.05) is 6.20 Å². The molecular formula is C25H25NSi. The fraction of sp³-hybridized carbons (Fsp3) is 0.160. The van der Waals surface area contributed by atoms with E-state index in [0.29, 0.717) is 5.92 Å². The number of aromatic nitrogens is 1. The maximum absolute atomic E-state index is 4.58. The molecule has 1 aromatic heterocycles. The summed E-state index contributed by atoms with van der Waals surface area (Å²) in [6.07, 6.45) is 1.96. The molecule has 0 amide bonds. The van der Waals surface area contributed by atoms with Gasteiger partial charge in [0.05, 0.1) is 13.6 Å². The number of hydrogen-bond donors (Lipinski definition) is 0. The summed E-state index contributed by atoms with van der Waals surface area (Å²) in [5.74, 6) is 0.376. The van der Waals surface area contributed by atoms with Gasteiger partial charge in [0.15, 0.2) is 0 Å². The molecule has 0 radical (unpaired) electrons. The Kier molecular flexibility index (Phi) is 4.91. The lowest BCUT2D eigenvalue weighted by Crippen LogP contribution is -2.42. The molecule has 134 valence electrons. The molecular weight excluding hydrogens is 342 g/mol. The van der Waals surface area contributed by atoms with Gasteiger partial charge in [0.1, 0.15) is 0 Å². The van der Waals surface area contributed by atoms with Crippen molar-refractivity contribution in [3.8, 4) is 0 Å². The summed E-state index contributed by atoms with van der Waals surface area (Å²) in [4.78, 5) is 4.58. The maximum Gasteiger partial charge on any atom is 0.0815 e. The van der Waals surface area contributed by atoms with Gasteiger partial charge in [-0.1, -0.05) is 97.1 Å². The van der Waals surface area contributed by atoms with E-state index >= 15 is 0 Å². The summed E-state index contributed by atoms with van der Waals surface area (Å²) in [6, 6.07) is 33.9. The number of benzene rings is 3. The van der Waals surface area contributed by atoms with E-state index in [1.54, 1.807) is 0 Å². The zero-order valence-corrected chi connectivity index (χ0v) is 17.0. The van der Waals surface area contributed by atoms with Crippen LogP contribution in [0.5, 0.6) is 0 Å². The normalized spacial score (nSPS) is 12.8. The molecule has 0 aliphatic rings. The van der Waals surface area contributed by atoms with Gasteiger partial charge in [-0.2, -0.15) is 0 Å². The standard InChI is InChI=1S/C25H25NSi/c1-27(2,21-13-7-4-8-14-21)19-24(20-11-5-3-6-12-20)22-17-18-26-25-16-10-9-15-23(22)25/h3-18,24H,19H2,1-2H3. The van der Waals surface area contributed by atoms with Crippen molar-refractivity contribution in [3.63, 3.8) is 0 Å². The Morgan fingerprint density at radius 3 is 2.11 bits per heavy atom. The van der Waals surface area contributed by atoms with Gasteiger partial charge in [-0.05, 0) is 29.3 Å². The van der Waals surface area contributed by atoms with Crippen LogP contribution in [0, 0.1) is 0 Å². The van der Waals surface area contributed by atoms with Crippen LogP contribution >= 0.6 is 0 Å². The number of fused-ring (bicyclic) bond motifs is 1. The first-order valence-electron chi connectivity index (χ1n) is 9.59. The van der Waals surface area contributed by atoms with Crippen molar-refractivity contribution < 1.29 is 0 Å². The van der Waals surface area contributed by atoms with Crippen LogP contribution in [0.2, 0.25) is 19.1 Å². The van der Waals surface area contributed by atoms with Crippen LogP contribution in [-0.2, 0) is 0 Å². The highest BCUT2D eigenvalue weighted by molar-refractivity contribution is 6.89. The Balaban J connectivity index is 1.83. The Hall–Kier alpha value is -2.71. The van der Waals surface area contributed by atoms with Crippen LogP contribution < -0.4 is 5.19 Å². The molecule has 1 heterocycles. The molecule has 0 aliphatic heterocycles. The third kappa shape index (κ3) is 3.72. The SMILES string of the molecule is C[Si](C)(CC(c1ccccc1)c1ccnc2ccccc12)c1ccccc1. The molecule has 4 rings (SSSR count). The van der Waals surface area contributed by atoms with E-state index < -0.39 is 8.07 Å². The summed E-state index contributed by atoms with van der Waals surface area (Å²) < 4.78 is 0. The van der Waals surface area contributed by atoms with Gasteiger partial charge in [-0.15, -0.1) is 0 Å². The quantitative estimate of drug-likeness (QED) is 0.395. The van der Waals surface area contributed by atoms with E-state index in [4.69, 9.17) is 0 Å². The lowest BCUT2D eigenvalue weighted by atomic mass is 9.90. The second-order valence-electron chi connectivity index (χ2n) is 7.83. The van der Waals surface area contributed by atoms with Gasteiger partial charge in [0, 0.05) is 17.5 Å². The van der Waals surface area contributed by atoms with Crippen molar-refractivity contribution in [1.29, 1.82) is 0 Å². The number of rotatable bonds is 5. The fourth-order valence-corrected chi connectivity index (χ4v) is 6.84. The molecule has 0 spiro atoms. The predicted molar refractivity (Wildman–Crippen MR) is 118 cm³/mol. The van der Waals surface area contributed by atoms with E-state index in [0.717, 1.165) is 5.52 Å². The maximum atomic E-state index is 4.58. The van der Waals surface area contributed by atoms with Crippen molar-refractivity contribution >= 4 is 24.2 Å². The molecule has 0 aliphatic carbocycles. The lowest BCUT2D eigenvalue weighted by Gasteiger charge is -2.30. The van der Waals surface area contributed by atoms with Crippen molar-refractivity contribution in [2.24, 2.45) is 0 Å². The van der Waals surface area contributed by atoms with Gasteiger partial charge in [0.2, 0.25) is 0 Å². The molecule has 0 saturated heterocycles. The highest BCUT2D eigenvalue weighted by atomic mass is 28.3. The Morgan fingerprint density at radius 1 is 0.741 bits per heavy atom. The van der Waals surface area contributed by atoms with Gasteiger partial charge in [-0.3, -0.25) is 4.98 Å². The van der Waals surface area contributed by atoms with E-state index in [9.17, 15) is 0 Å². The third-order valence-electron chi connectivity index (χ3n) is 5.53. The molecule has 27 heavy (non-hydrogen) atoms. The summed E-state index contributed by atoms with van der Waals surface area (Å²) in [6.45, 7) is 4.98. The second-order valence-corrected chi connectivity index (χ2v) is 12.6. The molecule has 0 fully saturated rings. The first-order valence-corrected chi connectivity index (χ1v) is 12.8. The Labute approximate surface area is 162 Å². The molecule has 0 saturated carbocycles. The van der Waals surface area contributed by atoms with Crippen molar-refractivity contribution in [2.45, 2.75) is 25.1 Å². The van der Waals surface area contributed by atoms with Crippen LogP contribution in [0.1, 0.15) is 17.0 Å². The predicted octanol–water partition coefficient (Wildman–Crippen LogP) is 5.98. The molecule has 0 N–H and O–H groups in total. The Bertz CT molecular complexity index is 1020. The minimum Gasteiger partial charge on any atom is -0.256 e. The fourth-order valence-electron chi connectivity index (χ4n) is 4.03. The highest BCUT2D eigenvalue weighted by Crippen LogP contribution is 2.36. The molecule has 0 bridgehead atoms. The number of para-hydroxylation sites is 1. The monoisotopic (exact) mass is 367 g/mol. The summed E-state index contributed by atoms with van der Waals surface area (Å²) >= 11 is 0. The number of nitrogens with zero attached hydrogens (tertiary/aromatic N) is 1. The molecule has 3 aromatic carbocycles. The summed E-state index contributed by atoms with van der Waals surface area (Å²) in [5, 5.41) is 2.79. The van der Waals surface area contributed by atoms with Crippen LogP contribution in [0.4, 0.5) is 0 Å². The molecule has 1 nitrogen and oxygen atoms in total. The zero-order valence-electron chi connectivity index (χ0n) is 16.0. The van der Waals surface area contributed by atoms with E-state index in [2.05, 4.69) is 109 Å². The van der Waals surface area contributed by atoms with Crippen LogP contribution in [0.15, 0.2) is 97.2 Å². The summed E-state index contributed by atoms with van der Waals surface area (Å²) in [7, 11) is -1.62. The highest BCUT2D eigenvalue weighted by Gasteiger charge is 2.30. The van der Waals surface area contributed by atoms with Crippen LogP contribution in [-0.4, -0.2) is 13.1 Å². The van der Waals surface area contributed by atoms with Crippen molar-refractivity contribution in [3.05, 3.63) is 108 Å². The minimum absolute atomic E-state index is 0.376. The van der Waals surface area contributed by atoms with Gasteiger partial charge in [-0.25, -0.2) is 0 Å². The Morgan fingerprint density at radius 2 is 1.37 bits per heavy atom. The average Bonchev–Trinajstić information content (AvgIpc) is 2.73. The average molecular weight is 368 g/mol. The molecule has 4 aromatic rings. The van der Waals surface area contributed by atoms with Crippen LogP contribution in [0.3, 0.4) is 0 Å². The zero-order chi connectivity index (χ0) is 18.7. The first kappa shape index (κ1) is 17.7. The smallest absolute Gasteiger partial charge is 0.0815 e. The minimum atomic E-state index is -1.62. The lowest BCUT2D eigenvalue weighted by molar-refractivity contribution is 0.908. The molecule has 2 heteroatoms. The second kappa shape index (κ2) is 7.49. The summed E-state index contributed by atoms with van der Waals surface area (Å²) in [5.41, 5.74) is 3.86. The largest absolute Gasteiger partial charge is 0.256 e. The van der Waals surface area contributed by atoms with Gasteiger partial charge in [0.25, 0.3) is 0 Å². The third-order valence-corrected chi connectivity index (χ3v) is 8.85. The van der Waals surface area contributed by atoms with Crippen molar-refractivity contribution in [2.75, 3.05) is 0 Å². The van der Waals surface area contributed by atoms with Gasteiger partial charge < -0.3 is 0 Å². The van der Waals surface area contributed by atoms with E-state index in [-0.39, 0.29) is 0 Å². The van der Waals surface area contributed by atoms with Gasteiger partial charge >= 0.3 is 0 Å².